The molecule has 0 saturated heterocycles. The maximum atomic E-state index is 12.3. The van der Waals surface area contributed by atoms with Gasteiger partial charge in [-0.05, 0) is 64.7 Å². The van der Waals surface area contributed by atoms with E-state index in [1.807, 2.05) is 43.3 Å². The van der Waals surface area contributed by atoms with E-state index in [4.69, 9.17) is 21.1 Å². The van der Waals surface area contributed by atoms with Crippen molar-refractivity contribution in [1.82, 2.24) is 0 Å². The first-order valence-corrected chi connectivity index (χ1v) is 10.4. The van der Waals surface area contributed by atoms with Crippen LogP contribution in [-0.2, 0) is 16.1 Å². The third-order valence-electron chi connectivity index (χ3n) is 5.18. The van der Waals surface area contributed by atoms with Crippen LogP contribution in [0.3, 0.4) is 0 Å². The van der Waals surface area contributed by atoms with Crippen LogP contribution in [0, 0.1) is 6.92 Å². The van der Waals surface area contributed by atoms with Gasteiger partial charge in [0.1, 0.15) is 12.4 Å². The van der Waals surface area contributed by atoms with E-state index >= 15 is 0 Å². The van der Waals surface area contributed by atoms with Crippen molar-refractivity contribution in [2.75, 3.05) is 6.61 Å². The summed E-state index contributed by atoms with van der Waals surface area (Å²) in [6.07, 6.45) is 0.909. The minimum absolute atomic E-state index is 0.219. The number of rotatable bonds is 7. The number of esters is 1. The molecule has 0 radical (unpaired) electrons. The van der Waals surface area contributed by atoms with E-state index in [2.05, 4.69) is 30.3 Å². The van der Waals surface area contributed by atoms with Gasteiger partial charge in [-0.25, -0.2) is 0 Å². The molecule has 0 aliphatic rings. The van der Waals surface area contributed by atoms with E-state index in [0.29, 0.717) is 24.5 Å². The first-order valence-electron chi connectivity index (χ1n) is 10.1. The van der Waals surface area contributed by atoms with Crippen LogP contribution in [0.4, 0.5) is 0 Å². The number of benzene rings is 4. The summed E-state index contributed by atoms with van der Waals surface area (Å²) in [5, 5.41) is 5.21. The largest absolute Gasteiger partial charge is 0.493 e. The zero-order chi connectivity index (χ0) is 20.9. The van der Waals surface area contributed by atoms with E-state index < -0.39 is 0 Å². The Kier molecular flexibility index (Phi) is 6.20. The fraction of sp³-hybridized carbons (Fsp3) is 0.192. The molecular formula is C26H23ClO3. The van der Waals surface area contributed by atoms with Gasteiger partial charge in [0.2, 0.25) is 0 Å². The summed E-state index contributed by atoms with van der Waals surface area (Å²) in [7, 11) is 0. The molecule has 0 spiro atoms. The van der Waals surface area contributed by atoms with Crippen LogP contribution in [0.15, 0.2) is 72.8 Å². The standard InChI is InChI=1S/C26H23ClO3/c1-18-15-21(27)12-13-25(18)29-14-6-11-26(28)30-17-24-22-9-4-2-7-19(22)16-20-8-3-5-10-23(20)24/h2-5,7-10,12-13,15-16H,6,11,14,17H2,1H3. The molecule has 0 N–H and O–H groups in total. The first-order chi connectivity index (χ1) is 14.6. The van der Waals surface area contributed by atoms with Crippen molar-refractivity contribution >= 4 is 39.1 Å². The van der Waals surface area contributed by atoms with Gasteiger partial charge in [-0.1, -0.05) is 60.1 Å². The highest BCUT2D eigenvalue weighted by atomic mass is 35.5. The van der Waals surface area contributed by atoms with Crippen LogP contribution in [0.1, 0.15) is 24.0 Å². The van der Waals surface area contributed by atoms with Crippen molar-refractivity contribution in [1.29, 1.82) is 0 Å². The SMILES string of the molecule is Cc1cc(Cl)ccc1OCCCC(=O)OCc1c2ccccc2cc2ccccc12. The summed E-state index contributed by atoms with van der Waals surface area (Å²) in [6.45, 7) is 2.66. The monoisotopic (exact) mass is 418 g/mol. The molecule has 3 nitrogen and oxygen atoms in total. The normalized spacial score (nSPS) is 11.0. The zero-order valence-electron chi connectivity index (χ0n) is 16.9. The number of hydrogen-bond acceptors (Lipinski definition) is 3. The van der Waals surface area contributed by atoms with Crippen LogP contribution in [0.5, 0.6) is 5.75 Å². The third-order valence-corrected chi connectivity index (χ3v) is 5.42. The molecule has 0 aromatic heterocycles. The molecule has 4 aromatic rings. The van der Waals surface area contributed by atoms with Gasteiger partial charge in [0, 0.05) is 17.0 Å². The van der Waals surface area contributed by atoms with Crippen molar-refractivity contribution in [3.8, 4) is 5.75 Å². The maximum absolute atomic E-state index is 12.3. The Labute approximate surface area is 181 Å². The molecule has 4 heteroatoms. The molecule has 0 heterocycles. The molecule has 0 aliphatic heterocycles. The Balaban J connectivity index is 1.37. The number of carbonyl (C=O) groups excluding carboxylic acids is 1. The van der Waals surface area contributed by atoms with Gasteiger partial charge in [0.15, 0.2) is 0 Å². The second kappa shape index (κ2) is 9.19. The van der Waals surface area contributed by atoms with Gasteiger partial charge in [-0.15, -0.1) is 0 Å². The lowest BCUT2D eigenvalue weighted by Gasteiger charge is -2.12. The predicted octanol–water partition coefficient (Wildman–Crippen LogP) is 6.86. The van der Waals surface area contributed by atoms with Gasteiger partial charge in [-0.2, -0.15) is 0 Å². The van der Waals surface area contributed by atoms with Crippen LogP contribution < -0.4 is 4.74 Å². The molecule has 0 aliphatic carbocycles. The van der Waals surface area contributed by atoms with Crippen LogP contribution in [0.2, 0.25) is 5.02 Å². The van der Waals surface area contributed by atoms with Crippen LogP contribution in [-0.4, -0.2) is 12.6 Å². The third kappa shape index (κ3) is 4.58. The highest BCUT2D eigenvalue weighted by Crippen LogP contribution is 2.29. The first kappa shape index (κ1) is 20.2. The Morgan fingerprint density at radius 3 is 2.23 bits per heavy atom. The molecule has 0 fully saturated rings. The van der Waals surface area contributed by atoms with Gasteiger partial charge in [0.25, 0.3) is 0 Å². The Bertz CT molecular complexity index is 1150. The highest BCUT2D eigenvalue weighted by molar-refractivity contribution is 6.30. The molecule has 4 rings (SSSR count). The molecule has 0 amide bonds. The van der Waals surface area contributed by atoms with Gasteiger partial charge in [0.05, 0.1) is 6.61 Å². The number of hydrogen-bond donors (Lipinski definition) is 0. The zero-order valence-corrected chi connectivity index (χ0v) is 17.6. The smallest absolute Gasteiger partial charge is 0.306 e. The summed E-state index contributed by atoms with van der Waals surface area (Å²) in [4.78, 5) is 12.3. The average Bonchev–Trinajstić information content (AvgIpc) is 2.75. The van der Waals surface area contributed by atoms with Crippen LogP contribution >= 0.6 is 11.6 Å². The Morgan fingerprint density at radius 2 is 1.57 bits per heavy atom. The molecule has 0 saturated carbocycles. The molecule has 4 aromatic carbocycles. The van der Waals surface area contributed by atoms with E-state index in [-0.39, 0.29) is 12.6 Å². The van der Waals surface area contributed by atoms with E-state index in [9.17, 15) is 4.79 Å². The average molecular weight is 419 g/mol. The summed E-state index contributed by atoms with van der Waals surface area (Å²) in [6, 6.07) is 24.1. The van der Waals surface area contributed by atoms with E-state index in [0.717, 1.165) is 38.4 Å². The van der Waals surface area contributed by atoms with Crippen LogP contribution in [0.25, 0.3) is 21.5 Å². The Morgan fingerprint density at radius 1 is 0.900 bits per heavy atom. The number of ether oxygens (including phenoxy) is 2. The lowest BCUT2D eigenvalue weighted by atomic mass is 9.97. The molecule has 0 atom stereocenters. The summed E-state index contributed by atoms with van der Waals surface area (Å²) >= 11 is 5.96. The number of fused-ring (bicyclic) bond motifs is 2. The lowest BCUT2D eigenvalue weighted by Crippen LogP contribution is -2.08. The summed E-state index contributed by atoms with van der Waals surface area (Å²) < 4.78 is 11.4. The second-order valence-corrected chi connectivity index (χ2v) is 7.76. The van der Waals surface area contributed by atoms with Crippen molar-refractivity contribution < 1.29 is 14.3 Å². The molecule has 0 bridgehead atoms. The minimum Gasteiger partial charge on any atom is -0.493 e. The van der Waals surface area contributed by atoms with Gasteiger partial charge < -0.3 is 9.47 Å². The number of halogens is 1. The minimum atomic E-state index is -0.219. The van der Waals surface area contributed by atoms with Crippen molar-refractivity contribution in [3.05, 3.63) is 88.9 Å². The van der Waals surface area contributed by atoms with Crippen molar-refractivity contribution in [2.45, 2.75) is 26.4 Å². The quantitative estimate of drug-likeness (QED) is 0.187. The topological polar surface area (TPSA) is 35.5 Å². The molecular weight excluding hydrogens is 396 g/mol. The summed E-state index contributed by atoms with van der Waals surface area (Å²) in [5.74, 6) is 0.568. The molecule has 0 unspecified atom stereocenters. The Hall–Kier alpha value is -3.04. The maximum Gasteiger partial charge on any atom is 0.306 e. The predicted molar refractivity (Wildman–Crippen MR) is 122 cm³/mol. The lowest BCUT2D eigenvalue weighted by molar-refractivity contribution is -0.145. The fourth-order valence-corrected chi connectivity index (χ4v) is 3.89. The van der Waals surface area contributed by atoms with Crippen molar-refractivity contribution in [3.63, 3.8) is 0 Å². The van der Waals surface area contributed by atoms with E-state index in [1.54, 1.807) is 6.07 Å². The molecule has 30 heavy (non-hydrogen) atoms. The fourth-order valence-electron chi connectivity index (χ4n) is 3.66. The number of aryl methyl sites for hydroxylation is 1. The van der Waals surface area contributed by atoms with Crippen molar-refractivity contribution in [2.24, 2.45) is 0 Å². The van der Waals surface area contributed by atoms with Gasteiger partial charge >= 0.3 is 5.97 Å². The highest BCUT2D eigenvalue weighted by Gasteiger charge is 2.10. The number of carbonyl (C=O) groups is 1. The van der Waals surface area contributed by atoms with Gasteiger partial charge in [-0.3, -0.25) is 4.79 Å². The molecule has 152 valence electrons. The second-order valence-electron chi connectivity index (χ2n) is 7.32. The van der Waals surface area contributed by atoms with E-state index in [1.165, 1.54) is 0 Å². The summed E-state index contributed by atoms with van der Waals surface area (Å²) in [5.41, 5.74) is 2.03.